The second-order valence-corrected chi connectivity index (χ2v) is 4.71. The Balaban J connectivity index is 1.96. The zero-order chi connectivity index (χ0) is 9.80. The van der Waals surface area contributed by atoms with Crippen molar-refractivity contribution in [3.63, 3.8) is 0 Å². The molecular formula is C14H20. The van der Waals surface area contributed by atoms with Crippen LogP contribution in [0.1, 0.15) is 38.2 Å². The lowest BCUT2D eigenvalue weighted by Crippen LogP contribution is -2.18. The van der Waals surface area contributed by atoms with Gasteiger partial charge in [0, 0.05) is 0 Å². The highest BCUT2D eigenvalue weighted by Gasteiger charge is 2.20. The highest BCUT2D eigenvalue weighted by Crippen LogP contribution is 2.31. The lowest BCUT2D eigenvalue weighted by atomic mass is 9.77. The van der Waals surface area contributed by atoms with Gasteiger partial charge < -0.3 is 0 Å². The molecule has 1 aromatic rings. The van der Waals surface area contributed by atoms with Crippen LogP contribution in [0.4, 0.5) is 0 Å². The average molecular weight is 188 g/mol. The molecular weight excluding hydrogens is 168 g/mol. The van der Waals surface area contributed by atoms with Crippen molar-refractivity contribution < 1.29 is 0 Å². The van der Waals surface area contributed by atoms with Gasteiger partial charge >= 0.3 is 0 Å². The van der Waals surface area contributed by atoms with Gasteiger partial charge in [-0.3, -0.25) is 0 Å². The minimum Gasteiger partial charge on any atom is -0.0622 e. The summed E-state index contributed by atoms with van der Waals surface area (Å²) in [4.78, 5) is 0. The van der Waals surface area contributed by atoms with Crippen LogP contribution in [0.15, 0.2) is 30.3 Å². The maximum Gasteiger partial charge on any atom is -0.0248 e. The molecule has 1 aliphatic rings. The first kappa shape index (κ1) is 9.76. The van der Waals surface area contributed by atoms with Gasteiger partial charge in [-0.1, -0.05) is 56.5 Å². The second-order valence-electron chi connectivity index (χ2n) is 4.71. The van der Waals surface area contributed by atoms with Crippen LogP contribution in [0.5, 0.6) is 0 Å². The normalized spacial score (nSPS) is 27.5. The van der Waals surface area contributed by atoms with Crippen LogP contribution in [0.3, 0.4) is 0 Å². The lowest BCUT2D eigenvalue weighted by molar-refractivity contribution is 0.255. The van der Waals surface area contributed by atoms with Crippen molar-refractivity contribution in [2.45, 2.75) is 39.0 Å². The lowest BCUT2D eigenvalue weighted by Gasteiger charge is -2.28. The van der Waals surface area contributed by atoms with Crippen molar-refractivity contribution in [3.05, 3.63) is 35.9 Å². The van der Waals surface area contributed by atoms with Crippen LogP contribution in [-0.2, 0) is 6.42 Å². The molecule has 0 saturated heterocycles. The molecule has 14 heavy (non-hydrogen) atoms. The third-order valence-corrected chi connectivity index (χ3v) is 3.63. The van der Waals surface area contributed by atoms with Crippen LogP contribution in [0.2, 0.25) is 0 Å². The van der Waals surface area contributed by atoms with Crippen LogP contribution in [0, 0.1) is 11.8 Å². The van der Waals surface area contributed by atoms with Gasteiger partial charge in [0.25, 0.3) is 0 Å². The summed E-state index contributed by atoms with van der Waals surface area (Å²) in [5, 5.41) is 0. The molecule has 0 bridgehead atoms. The van der Waals surface area contributed by atoms with Crippen LogP contribution < -0.4 is 0 Å². The monoisotopic (exact) mass is 188 g/mol. The Labute approximate surface area is 87.3 Å². The van der Waals surface area contributed by atoms with E-state index in [1.807, 2.05) is 0 Å². The molecule has 1 fully saturated rings. The van der Waals surface area contributed by atoms with Gasteiger partial charge in [0.1, 0.15) is 0 Å². The third kappa shape index (κ3) is 2.37. The smallest absolute Gasteiger partial charge is 0.0248 e. The summed E-state index contributed by atoms with van der Waals surface area (Å²) >= 11 is 0. The zero-order valence-electron chi connectivity index (χ0n) is 9.08. The summed E-state index contributed by atoms with van der Waals surface area (Å²) in [6.45, 7) is 2.42. The molecule has 1 aliphatic carbocycles. The molecule has 0 aromatic heterocycles. The van der Waals surface area contributed by atoms with E-state index in [4.69, 9.17) is 0 Å². The summed E-state index contributed by atoms with van der Waals surface area (Å²) in [7, 11) is 0. The van der Waals surface area contributed by atoms with Crippen molar-refractivity contribution in [3.8, 4) is 0 Å². The average Bonchev–Trinajstić information content (AvgIpc) is 2.23. The quantitative estimate of drug-likeness (QED) is 0.656. The van der Waals surface area contributed by atoms with Gasteiger partial charge in [0.05, 0.1) is 0 Å². The first-order valence-electron chi connectivity index (χ1n) is 5.90. The maximum absolute atomic E-state index is 2.42. The topological polar surface area (TPSA) is 0 Å². The molecule has 76 valence electrons. The van der Waals surface area contributed by atoms with E-state index in [2.05, 4.69) is 37.3 Å². The van der Waals surface area contributed by atoms with Crippen LogP contribution in [0.25, 0.3) is 0 Å². The van der Waals surface area contributed by atoms with Crippen molar-refractivity contribution in [2.75, 3.05) is 0 Å². The summed E-state index contributed by atoms with van der Waals surface area (Å²) in [6, 6.07) is 10.9. The predicted octanol–water partition coefficient (Wildman–Crippen LogP) is 4.06. The molecule has 0 amide bonds. The third-order valence-electron chi connectivity index (χ3n) is 3.63. The number of benzene rings is 1. The first-order chi connectivity index (χ1) is 6.86. The van der Waals surface area contributed by atoms with Gasteiger partial charge in [-0.05, 0) is 30.2 Å². The molecule has 1 aromatic carbocycles. The zero-order valence-corrected chi connectivity index (χ0v) is 9.08. The Morgan fingerprint density at radius 3 is 2.50 bits per heavy atom. The SMILES string of the molecule is C[C@@H]1CCCC[C@@H]1Cc1ccccc1. The molecule has 0 unspecified atom stereocenters. The maximum atomic E-state index is 2.42. The highest BCUT2D eigenvalue weighted by atomic mass is 14.3. The molecule has 0 heteroatoms. The molecule has 0 radical (unpaired) electrons. The fraction of sp³-hybridized carbons (Fsp3) is 0.571. The molecule has 0 spiro atoms. The van der Waals surface area contributed by atoms with Crippen molar-refractivity contribution in [1.29, 1.82) is 0 Å². The van der Waals surface area contributed by atoms with Gasteiger partial charge in [-0.15, -0.1) is 0 Å². The molecule has 0 aliphatic heterocycles. The second kappa shape index (κ2) is 4.63. The Morgan fingerprint density at radius 2 is 1.79 bits per heavy atom. The Kier molecular flexibility index (Phi) is 3.23. The first-order valence-corrected chi connectivity index (χ1v) is 5.90. The minimum absolute atomic E-state index is 0.934. The van der Waals surface area contributed by atoms with Crippen molar-refractivity contribution >= 4 is 0 Å². The highest BCUT2D eigenvalue weighted by molar-refractivity contribution is 5.15. The molecule has 0 N–H and O–H groups in total. The predicted molar refractivity (Wildman–Crippen MR) is 61.3 cm³/mol. The van der Waals surface area contributed by atoms with E-state index in [0.29, 0.717) is 0 Å². The minimum atomic E-state index is 0.934. The Morgan fingerprint density at radius 1 is 1.07 bits per heavy atom. The summed E-state index contributed by atoms with van der Waals surface area (Å²) < 4.78 is 0. The molecule has 1 saturated carbocycles. The van der Waals surface area contributed by atoms with E-state index in [1.54, 1.807) is 0 Å². The molecule has 0 nitrogen and oxygen atoms in total. The van der Waals surface area contributed by atoms with E-state index in [1.165, 1.54) is 37.7 Å². The van der Waals surface area contributed by atoms with Gasteiger partial charge in [0.2, 0.25) is 0 Å². The van der Waals surface area contributed by atoms with Crippen LogP contribution in [-0.4, -0.2) is 0 Å². The van der Waals surface area contributed by atoms with Gasteiger partial charge in [0.15, 0.2) is 0 Å². The van der Waals surface area contributed by atoms with E-state index in [0.717, 1.165) is 11.8 Å². The molecule has 2 atom stereocenters. The summed E-state index contributed by atoms with van der Waals surface area (Å²) in [5.74, 6) is 1.87. The van der Waals surface area contributed by atoms with E-state index in [9.17, 15) is 0 Å². The largest absolute Gasteiger partial charge is 0.0622 e. The Hall–Kier alpha value is -0.780. The van der Waals surface area contributed by atoms with E-state index in [-0.39, 0.29) is 0 Å². The summed E-state index contributed by atoms with van der Waals surface area (Å²) in [6.07, 6.45) is 7.07. The summed E-state index contributed by atoms with van der Waals surface area (Å²) in [5.41, 5.74) is 1.52. The van der Waals surface area contributed by atoms with E-state index >= 15 is 0 Å². The molecule has 0 heterocycles. The number of rotatable bonds is 2. The fourth-order valence-corrected chi connectivity index (χ4v) is 2.61. The van der Waals surface area contributed by atoms with Crippen molar-refractivity contribution in [2.24, 2.45) is 11.8 Å². The Bertz CT molecular complexity index is 263. The van der Waals surface area contributed by atoms with Gasteiger partial charge in [-0.25, -0.2) is 0 Å². The number of hydrogen-bond acceptors (Lipinski definition) is 0. The fourth-order valence-electron chi connectivity index (χ4n) is 2.61. The van der Waals surface area contributed by atoms with Crippen molar-refractivity contribution in [1.82, 2.24) is 0 Å². The van der Waals surface area contributed by atoms with Gasteiger partial charge in [-0.2, -0.15) is 0 Å². The number of hydrogen-bond donors (Lipinski definition) is 0. The van der Waals surface area contributed by atoms with E-state index < -0.39 is 0 Å². The standard InChI is InChI=1S/C14H20/c1-12-7-5-6-10-14(12)11-13-8-3-2-4-9-13/h2-4,8-9,12,14H,5-7,10-11H2,1H3/t12-,14-/m1/s1. The molecule has 2 rings (SSSR count). The van der Waals surface area contributed by atoms with Crippen LogP contribution >= 0.6 is 0 Å².